The zero-order chi connectivity index (χ0) is 22.9. The topological polar surface area (TPSA) is 92.3 Å². The molecule has 0 aliphatic carbocycles. The molecule has 158 valence electrons. The molecule has 0 atom stereocenters. The van der Waals surface area contributed by atoms with Crippen LogP contribution >= 0.6 is 46.4 Å². The first-order valence-electron chi connectivity index (χ1n) is 9.05. The van der Waals surface area contributed by atoms with Crippen LogP contribution in [0, 0.1) is 0 Å². The third-order valence-corrected chi connectivity index (χ3v) is 7.05. The molecular formula is C22H8Cl4N2O4. The Labute approximate surface area is 200 Å². The second kappa shape index (κ2) is 7.32. The van der Waals surface area contributed by atoms with Crippen molar-refractivity contribution in [3.63, 3.8) is 0 Å². The highest BCUT2D eigenvalue weighted by Gasteiger charge is 2.33. The van der Waals surface area contributed by atoms with Gasteiger partial charge in [-0.05, 0) is 23.3 Å². The summed E-state index contributed by atoms with van der Waals surface area (Å²) in [7, 11) is 0. The van der Waals surface area contributed by atoms with Gasteiger partial charge in [-0.1, -0.05) is 70.7 Å². The summed E-state index contributed by atoms with van der Waals surface area (Å²) in [4.78, 5) is 48.0. The second-order valence-electron chi connectivity index (χ2n) is 7.09. The van der Waals surface area contributed by atoms with E-state index in [1.807, 2.05) is 0 Å². The van der Waals surface area contributed by atoms with E-state index in [1.54, 1.807) is 24.3 Å². The molecule has 2 aliphatic heterocycles. The molecule has 3 aromatic rings. The van der Waals surface area contributed by atoms with E-state index in [-0.39, 0.29) is 42.3 Å². The standard InChI is InChI=1S/C22H8Cl4N2O4/c23-15-9(5-11-13(17(15)25)21(31)27-19(11)29)7-1-2-8(4-3-7)10-6-12-14(18(26)16(10)24)22(32)28-20(12)30/h1-6H,(H,27,29,31)(H,28,30,32). The summed E-state index contributed by atoms with van der Waals surface area (Å²) in [5, 5.41) is 4.65. The summed E-state index contributed by atoms with van der Waals surface area (Å²) >= 11 is 25.3. The van der Waals surface area contributed by atoms with Gasteiger partial charge in [0.25, 0.3) is 23.6 Å². The van der Waals surface area contributed by atoms with Crippen molar-refractivity contribution in [2.45, 2.75) is 0 Å². The molecule has 6 nitrogen and oxygen atoms in total. The van der Waals surface area contributed by atoms with Gasteiger partial charge in [0.05, 0.1) is 42.3 Å². The lowest BCUT2D eigenvalue weighted by atomic mass is 9.96. The first kappa shape index (κ1) is 21.0. The van der Waals surface area contributed by atoms with Gasteiger partial charge in [-0.2, -0.15) is 0 Å². The molecule has 2 heterocycles. The molecule has 2 aliphatic rings. The van der Waals surface area contributed by atoms with Gasteiger partial charge in [0, 0.05) is 11.1 Å². The van der Waals surface area contributed by atoms with E-state index in [0.29, 0.717) is 22.3 Å². The zero-order valence-electron chi connectivity index (χ0n) is 15.6. The van der Waals surface area contributed by atoms with Gasteiger partial charge in [0.1, 0.15) is 0 Å². The van der Waals surface area contributed by atoms with Crippen LogP contribution < -0.4 is 10.6 Å². The third kappa shape index (κ3) is 2.95. The van der Waals surface area contributed by atoms with E-state index in [0.717, 1.165) is 0 Å². The van der Waals surface area contributed by atoms with Crippen LogP contribution in [-0.4, -0.2) is 23.6 Å². The zero-order valence-corrected chi connectivity index (χ0v) is 18.6. The molecule has 0 aromatic heterocycles. The number of benzene rings is 3. The quantitative estimate of drug-likeness (QED) is 0.456. The Balaban J connectivity index is 1.60. The molecule has 4 amide bonds. The number of rotatable bonds is 2. The Hall–Kier alpha value is -2.90. The van der Waals surface area contributed by atoms with E-state index in [4.69, 9.17) is 46.4 Å². The molecule has 0 spiro atoms. The van der Waals surface area contributed by atoms with Crippen molar-refractivity contribution in [1.29, 1.82) is 0 Å². The fraction of sp³-hybridized carbons (Fsp3) is 0. The largest absolute Gasteiger partial charge is 0.288 e. The summed E-state index contributed by atoms with van der Waals surface area (Å²) in [6.07, 6.45) is 0. The van der Waals surface area contributed by atoms with Gasteiger partial charge in [-0.3, -0.25) is 29.8 Å². The SMILES string of the molecule is O=C1NC(=O)c2c1cc(-c1ccc(-c3cc4c(c(Cl)c3Cl)C(=O)NC4=O)cc1)c(Cl)c2Cl. The minimum Gasteiger partial charge on any atom is -0.288 e. The van der Waals surface area contributed by atoms with Crippen LogP contribution in [0.5, 0.6) is 0 Å². The van der Waals surface area contributed by atoms with Gasteiger partial charge in [-0.25, -0.2) is 0 Å². The van der Waals surface area contributed by atoms with E-state index < -0.39 is 23.6 Å². The smallest absolute Gasteiger partial charge is 0.260 e. The van der Waals surface area contributed by atoms with Gasteiger partial charge in [-0.15, -0.1) is 0 Å². The van der Waals surface area contributed by atoms with E-state index in [2.05, 4.69) is 10.6 Å². The summed E-state index contributed by atoms with van der Waals surface area (Å²) < 4.78 is 0. The predicted molar refractivity (Wildman–Crippen MR) is 121 cm³/mol. The maximum absolute atomic E-state index is 12.1. The number of amides is 4. The summed E-state index contributed by atoms with van der Waals surface area (Å²) in [6.45, 7) is 0. The first-order chi connectivity index (χ1) is 15.2. The van der Waals surface area contributed by atoms with Crippen LogP contribution in [0.4, 0.5) is 0 Å². The molecule has 0 fully saturated rings. The predicted octanol–water partition coefficient (Wildman–Crippen LogP) is 5.40. The first-order valence-corrected chi connectivity index (χ1v) is 10.6. The molecule has 0 saturated carbocycles. The number of carbonyl (C=O) groups is 4. The molecule has 2 N–H and O–H groups in total. The minimum atomic E-state index is -0.593. The number of nitrogens with one attached hydrogen (secondary N) is 2. The van der Waals surface area contributed by atoms with Crippen molar-refractivity contribution < 1.29 is 19.2 Å². The molecule has 0 unspecified atom stereocenters. The Morgan fingerprint density at radius 3 is 1.16 bits per heavy atom. The van der Waals surface area contributed by atoms with E-state index in [9.17, 15) is 19.2 Å². The van der Waals surface area contributed by atoms with E-state index in [1.165, 1.54) is 12.1 Å². The molecule has 0 bridgehead atoms. The van der Waals surface area contributed by atoms with Crippen LogP contribution in [-0.2, 0) is 0 Å². The molecule has 0 radical (unpaired) electrons. The van der Waals surface area contributed by atoms with Crippen molar-refractivity contribution in [2.24, 2.45) is 0 Å². The summed E-state index contributed by atoms with van der Waals surface area (Å²) in [5.74, 6) is -2.28. The van der Waals surface area contributed by atoms with Gasteiger partial charge >= 0.3 is 0 Å². The van der Waals surface area contributed by atoms with Gasteiger partial charge < -0.3 is 0 Å². The maximum atomic E-state index is 12.1. The Bertz CT molecular complexity index is 1320. The normalized spacial score (nSPS) is 14.4. The van der Waals surface area contributed by atoms with Crippen molar-refractivity contribution in [2.75, 3.05) is 0 Å². The van der Waals surface area contributed by atoms with Crippen LogP contribution in [0.15, 0.2) is 36.4 Å². The molecule has 10 heteroatoms. The summed E-state index contributed by atoms with van der Waals surface area (Å²) in [6, 6.07) is 9.89. The van der Waals surface area contributed by atoms with Crippen molar-refractivity contribution >= 4 is 70.0 Å². The second-order valence-corrected chi connectivity index (χ2v) is 8.61. The van der Waals surface area contributed by atoms with Gasteiger partial charge in [0.2, 0.25) is 0 Å². The van der Waals surface area contributed by atoms with Crippen LogP contribution in [0.1, 0.15) is 41.4 Å². The number of hydrogen-bond donors (Lipinski definition) is 2. The monoisotopic (exact) mass is 504 g/mol. The Morgan fingerprint density at radius 2 is 0.812 bits per heavy atom. The molecular weight excluding hydrogens is 498 g/mol. The lowest BCUT2D eigenvalue weighted by Gasteiger charge is -2.12. The lowest BCUT2D eigenvalue weighted by molar-refractivity contribution is 0.0863. The fourth-order valence-electron chi connectivity index (χ4n) is 3.77. The number of imide groups is 2. The highest BCUT2D eigenvalue weighted by Crippen LogP contribution is 2.42. The van der Waals surface area contributed by atoms with Crippen molar-refractivity contribution in [3.8, 4) is 22.3 Å². The molecule has 32 heavy (non-hydrogen) atoms. The number of hydrogen-bond acceptors (Lipinski definition) is 4. The van der Waals surface area contributed by atoms with Crippen molar-refractivity contribution in [1.82, 2.24) is 10.6 Å². The number of halogens is 4. The van der Waals surface area contributed by atoms with Crippen LogP contribution in [0.25, 0.3) is 22.3 Å². The molecule has 3 aromatic carbocycles. The third-order valence-electron chi connectivity index (χ3n) is 5.32. The minimum absolute atomic E-state index is 0.00396. The van der Waals surface area contributed by atoms with Crippen LogP contribution in [0.2, 0.25) is 20.1 Å². The van der Waals surface area contributed by atoms with Crippen molar-refractivity contribution in [3.05, 3.63) is 78.7 Å². The van der Waals surface area contributed by atoms with Gasteiger partial charge in [0.15, 0.2) is 0 Å². The molecule has 5 rings (SSSR count). The highest BCUT2D eigenvalue weighted by atomic mass is 35.5. The maximum Gasteiger partial charge on any atom is 0.260 e. The van der Waals surface area contributed by atoms with E-state index >= 15 is 0 Å². The average molecular weight is 506 g/mol. The Kier molecular flexibility index (Phi) is 4.80. The number of fused-ring (bicyclic) bond motifs is 2. The lowest BCUT2D eigenvalue weighted by Crippen LogP contribution is -2.20. The fourth-order valence-corrected chi connectivity index (χ4v) is 4.86. The number of carbonyl (C=O) groups excluding carboxylic acids is 4. The average Bonchev–Trinajstić information content (AvgIpc) is 3.21. The summed E-state index contributed by atoms with van der Waals surface area (Å²) in [5.41, 5.74) is 2.59. The molecule has 0 saturated heterocycles. The highest BCUT2D eigenvalue weighted by molar-refractivity contribution is 6.48. The van der Waals surface area contributed by atoms with Crippen LogP contribution in [0.3, 0.4) is 0 Å². The Morgan fingerprint density at radius 1 is 0.469 bits per heavy atom.